The number of nitrogens with zero attached hydrogens (tertiary/aromatic N) is 3. The number of H-pyrrole nitrogens is 1. The van der Waals surface area contributed by atoms with Crippen molar-refractivity contribution >= 4 is 29.0 Å². The number of thioether (sulfide) groups is 1. The van der Waals surface area contributed by atoms with Gasteiger partial charge in [-0.05, 0) is 38.5 Å². The van der Waals surface area contributed by atoms with Crippen LogP contribution in [0.1, 0.15) is 46.5 Å². The van der Waals surface area contributed by atoms with Gasteiger partial charge < -0.3 is 5.32 Å². The van der Waals surface area contributed by atoms with Gasteiger partial charge in [0.25, 0.3) is 5.91 Å². The summed E-state index contributed by atoms with van der Waals surface area (Å²) in [4.78, 5) is 12.3. The maximum Gasteiger partial charge on any atom is 0.272 e. The Kier molecular flexibility index (Phi) is 5.32. The van der Waals surface area contributed by atoms with Crippen LogP contribution in [0.25, 0.3) is 0 Å². The second-order valence-corrected chi connectivity index (χ2v) is 8.45. The van der Waals surface area contributed by atoms with Crippen LogP contribution in [0.5, 0.6) is 0 Å². The number of aromatic nitrogens is 4. The number of nitrogens with one attached hydrogen (secondary N) is 2. The molecule has 0 aliphatic heterocycles. The standard InChI is InChI=1S/C15H21N5OS2/c1-9-4-5-12-11(8-9)13(19-18-12)14(21)16-6-3-7-22-15-20-17-10(2)23-15/h9H,3-8H2,1-2H3,(H,16,21)(H,18,19)/t9-/m1/s1. The van der Waals surface area contributed by atoms with Crippen molar-refractivity contribution in [2.75, 3.05) is 12.3 Å². The summed E-state index contributed by atoms with van der Waals surface area (Å²) >= 11 is 3.29. The van der Waals surface area contributed by atoms with Crippen LogP contribution in [0.15, 0.2) is 4.34 Å². The van der Waals surface area contributed by atoms with Crippen LogP contribution in [0.3, 0.4) is 0 Å². The van der Waals surface area contributed by atoms with Crippen molar-refractivity contribution < 1.29 is 4.79 Å². The molecule has 1 amide bonds. The van der Waals surface area contributed by atoms with Crippen LogP contribution in [0.2, 0.25) is 0 Å². The highest BCUT2D eigenvalue weighted by molar-refractivity contribution is 8.01. The SMILES string of the molecule is Cc1nnc(SCCCNC(=O)c2n[nH]c3c2C[C@H](C)CC3)s1. The van der Waals surface area contributed by atoms with Gasteiger partial charge in [-0.15, -0.1) is 10.2 Å². The molecule has 23 heavy (non-hydrogen) atoms. The Hall–Kier alpha value is -1.41. The minimum absolute atomic E-state index is 0.0617. The second kappa shape index (κ2) is 7.44. The minimum Gasteiger partial charge on any atom is -0.351 e. The Morgan fingerprint density at radius 3 is 3.13 bits per heavy atom. The zero-order chi connectivity index (χ0) is 16.2. The maximum absolute atomic E-state index is 12.3. The van der Waals surface area contributed by atoms with Gasteiger partial charge in [0.05, 0.1) is 0 Å². The Morgan fingerprint density at radius 2 is 2.35 bits per heavy atom. The molecule has 0 saturated heterocycles. The fourth-order valence-electron chi connectivity index (χ4n) is 2.71. The zero-order valence-corrected chi connectivity index (χ0v) is 15.0. The molecule has 0 unspecified atom stereocenters. The highest BCUT2D eigenvalue weighted by Crippen LogP contribution is 2.26. The molecule has 0 spiro atoms. The van der Waals surface area contributed by atoms with Crippen molar-refractivity contribution in [1.29, 1.82) is 0 Å². The quantitative estimate of drug-likeness (QED) is 0.617. The first-order chi connectivity index (χ1) is 11.1. The van der Waals surface area contributed by atoms with Gasteiger partial charge in [-0.1, -0.05) is 30.0 Å². The van der Waals surface area contributed by atoms with Crippen LogP contribution in [-0.4, -0.2) is 38.6 Å². The van der Waals surface area contributed by atoms with Gasteiger partial charge in [0.15, 0.2) is 10.0 Å². The molecule has 0 bridgehead atoms. The number of hydrogen-bond donors (Lipinski definition) is 2. The summed E-state index contributed by atoms with van der Waals surface area (Å²) in [6.45, 7) is 4.83. The molecule has 0 saturated carbocycles. The maximum atomic E-state index is 12.3. The zero-order valence-electron chi connectivity index (χ0n) is 13.4. The number of amides is 1. The fraction of sp³-hybridized carbons (Fsp3) is 0.600. The van der Waals surface area contributed by atoms with Gasteiger partial charge in [-0.25, -0.2) is 0 Å². The van der Waals surface area contributed by atoms with E-state index in [1.54, 1.807) is 23.1 Å². The summed E-state index contributed by atoms with van der Waals surface area (Å²) in [5.74, 6) is 1.48. The van der Waals surface area contributed by atoms with Crippen LogP contribution in [0.4, 0.5) is 0 Å². The topological polar surface area (TPSA) is 83.6 Å². The van der Waals surface area contributed by atoms with E-state index in [-0.39, 0.29) is 5.91 Å². The Balaban J connectivity index is 1.44. The highest BCUT2D eigenvalue weighted by Gasteiger charge is 2.24. The van der Waals surface area contributed by atoms with Crippen LogP contribution in [-0.2, 0) is 12.8 Å². The lowest BCUT2D eigenvalue weighted by molar-refractivity contribution is 0.0947. The molecule has 0 aromatic carbocycles. The molecule has 2 N–H and O–H groups in total. The van der Waals surface area contributed by atoms with E-state index < -0.39 is 0 Å². The number of rotatable bonds is 6. The molecule has 0 radical (unpaired) electrons. The van der Waals surface area contributed by atoms with Crippen LogP contribution < -0.4 is 5.32 Å². The van der Waals surface area contributed by atoms with E-state index in [1.807, 2.05) is 6.92 Å². The van der Waals surface area contributed by atoms with E-state index in [1.165, 1.54) is 6.42 Å². The first-order valence-corrected chi connectivity index (χ1v) is 9.71. The summed E-state index contributed by atoms with van der Waals surface area (Å²) in [5.41, 5.74) is 2.83. The lowest BCUT2D eigenvalue weighted by atomic mass is 9.88. The number of aromatic amines is 1. The summed E-state index contributed by atoms with van der Waals surface area (Å²) in [5, 5.41) is 19.3. The van der Waals surface area contributed by atoms with Crippen molar-refractivity contribution in [2.24, 2.45) is 5.92 Å². The van der Waals surface area contributed by atoms with Gasteiger partial charge in [-0.3, -0.25) is 9.89 Å². The predicted octanol–water partition coefficient (Wildman–Crippen LogP) is 2.61. The van der Waals surface area contributed by atoms with Gasteiger partial charge in [0.1, 0.15) is 5.01 Å². The van der Waals surface area contributed by atoms with E-state index in [9.17, 15) is 4.79 Å². The van der Waals surface area contributed by atoms with Crippen molar-refractivity contribution in [3.05, 3.63) is 22.0 Å². The predicted molar refractivity (Wildman–Crippen MR) is 92.1 cm³/mol. The number of aryl methyl sites for hydroxylation is 2. The van der Waals surface area contributed by atoms with E-state index in [4.69, 9.17) is 0 Å². The molecule has 0 fully saturated rings. The molecule has 3 rings (SSSR count). The Bertz CT molecular complexity index is 681. The van der Waals surface area contributed by atoms with E-state index >= 15 is 0 Å². The first kappa shape index (κ1) is 16.4. The number of carbonyl (C=O) groups excluding carboxylic acids is 1. The Morgan fingerprint density at radius 1 is 1.48 bits per heavy atom. The van der Waals surface area contributed by atoms with Crippen molar-refractivity contribution in [2.45, 2.75) is 43.9 Å². The molecular formula is C15H21N5OS2. The lowest BCUT2D eigenvalue weighted by Crippen LogP contribution is -2.27. The third kappa shape index (κ3) is 4.11. The summed E-state index contributed by atoms with van der Waals surface area (Å²) < 4.78 is 0.990. The smallest absolute Gasteiger partial charge is 0.272 e. The summed E-state index contributed by atoms with van der Waals surface area (Å²) in [6, 6.07) is 0. The van der Waals surface area contributed by atoms with Gasteiger partial charge >= 0.3 is 0 Å². The van der Waals surface area contributed by atoms with E-state index in [0.717, 1.165) is 45.6 Å². The molecular weight excluding hydrogens is 330 g/mol. The molecule has 1 aliphatic carbocycles. The third-order valence-corrected chi connectivity index (χ3v) is 6.01. The highest BCUT2D eigenvalue weighted by atomic mass is 32.2. The third-order valence-electron chi connectivity index (χ3n) is 3.95. The number of carbonyl (C=O) groups is 1. The van der Waals surface area contributed by atoms with Crippen molar-refractivity contribution in [3.63, 3.8) is 0 Å². The van der Waals surface area contributed by atoms with Gasteiger partial charge in [0, 0.05) is 23.6 Å². The normalized spacial score (nSPS) is 17.0. The molecule has 2 heterocycles. The molecule has 2 aromatic heterocycles. The largest absolute Gasteiger partial charge is 0.351 e. The van der Waals surface area contributed by atoms with E-state index in [0.29, 0.717) is 18.2 Å². The summed E-state index contributed by atoms with van der Waals surface area (Å²) in [6.07, 6.45) is 4.01. The van der Waals surface area contributed by atoms with E-state index in [2.05, 4.69) is 32.6 Å². The first-order valence-electron chi connectivity index (χ1n) is 7.90. The fourth-order valence-corrected chi connectivity index (χ4v) is 4.54. The molecule has 2 aromatic rings. The summed E-state index contributed by atoms with van der Waals surface area (Å²) in [7, 11) is 0. The van der Waals surface area contributed by atoms with Crippen molar-refractivity contribution in [1.82, 2.24) is 25.7 Å². The average Bonchev–Trinajstić information content (AvgIpc) is 3.12. The monoisotopic (exact) mass is 351 g/mol. The van der Waals surface area contributed by atoms with Gasteiger partial charge in [0.2, 0.25) is 0 Å². The molecule has 1 aliphatic rings. The van der Waals surface area contributed by atoms with Crippen LogP contribution >= 0.6 is 23.1 Å². The lowest BCUT2D eigenvalue weighted by Gasteiger charge is -2.17. The van der Waals surface area contributed by atoms with Crippen molar-refractivity contribution in [3.8, 4) is 0 Å². The van der Waals surface area contributed by atoms with Gasteiger partial charge in [-0.2, -0.15) is 5.10 Å². The number of fused-ring (bicyclic) bond motifs is 1. The molecule has 8 heteroatoms. The number of hydrogen-bond acceptors (Lipinski definition) is 6. The Labute approximate surface area is 143 Å². The molecule has 124 valence electrons. The average molecular weight is 352 g/mol. The van der Waals surface area contributed by atoms with Crippen LogP contribution in [0, 0.1) is 12.8 Å². The second-order valence-electron chi connectivity index (χ2n) is 5.92. The molecule has 1 atom stereocenters. The molecule has 6 nitrogen and oxygen atoms in total. The minimum atomic E-state index is -0.0617.